The summed E-state index contributed by atoms with van der Waals surface area (Å²) in [5.41, 5.74) is 0.156. The number of halogens is 1. The van der Waals surface area contributed by atoms with E-state index in [0.717, 1.165) is 35.7 Å². The van der Waals surface area contributed by atoms with Gasteiger partial charge in [-0.3, -0.25) is 0 Å². The summed E-state index contributed by atoms with van der Waals surface area (Å²) in [6.45, 7) is 2.30. The Hall–Kier alpha value is -1.93. The largest absolute Gasteiger partial charge is 0.390 e. The first kappa shape index (κ1) is 23.2. The molecule has 1 aromatic heterocycles. The third-order valence-corrected chi connectivity index (χ3v) is 11.0. The number of rotatable bonds is 2. The van der Waals surface area contributed by atoms with Crippen LogP contribution in [0, 0.1) is 17.3 Å². The highest BCUT2D eigenvalue weighted by Gasteiger charge is 2.77. The molecule has 7 heteroatoms. The second kappa shape index (κ2) is 7.34. The lowest BCUT2D eigenvalue weighted by Crippen LogP contribution is -2.72. The van der Waals surface area contributed by atoms with Crippen LogP contribution in [0.25, 0.3) is 16.5 Å². The smallest absolute Gasteiger partial charge is 0.140 e. The van der Waals surface area contributed by atoms with Gasteiger partial charge in [0.25, 0.3) is 0 Å². The average molecular weight is 494 g/mol. The molecular weight excluding hydrogens is 457 g/mol. The summed E-state index contributed by atoms with van der Waals surface area (Å²) in [5.74, 6) is -0.333. The van der Waals surface area contributed by atoms with Crippen molar-refractivity contribution in [3.8, 4) is 0 Å². The number of hydrogen-bond acceptors (Lipinski definition) is 6. The van der Waals surface area contributed by atoms with E-state index in [9.17, 15) is 10.2 Å². The van der Waals surface area contributed by atoms with Gasteiger partial charge in [-0.15, -0.1) is 0 Å². The zero-order valence-corrected chi connectivity index (χ0v) is 21.3. The zero-order valence-electron chi connectivity index (χ0n) is 21.3. The molecule has 2 bridgehead atoms. The molecule has 5 aliphatic rings. The number of ether oxygens (including phenoxy) is 1. The van der Waals surface area contributed by atoms with Crippen molar-refractivity contribution in [1.82, 2.24) is 15.1 Å². The summed E-state index contributed by atoms with van der Waals surface area (Å²) >= 11 is 0. The number of alkyl halides is 1. The molecule has 2 saturated carbocycles. The molecule has 2 saturated heterocycles. The Kier molecular flexibility index (Phi) is 4.73. The van der Waals surface area contributed by atoms with Crippen LogP contribution in [-0.2, 0) is 4.74 Å². The minimum atomic E-state index is -1.49. The van der Waals surface area contributed by atoms with Gasteiger partial charge in [-0.25, -0.2) is 4.39 Å². The van der Waals surface area contributed by atoms with Crippen molar-refractivity contribution in [1.29, 1.82) is 0 Å². The van der Waals surface area contributed by atoms with E-state index in [1.807, 2.05) is 25.1 Å². The summed E-state index contributed by atoms with van der Waals surface area (Å²) in [4.78, 5) is 1.98. The first-order valence-electron chi connectivity index (χ1n) is 13.5. The lowest BCUT2D eigenvalue weighted by Gasteiger charge is -2.64. The molecule has 4 fully saturated rings. The van der Waals surface area contributed by atoms with Crippen molar-refractivity contribution in [2.75, 3.05) is 14.1 Å². The molecule has 2 spiro atoms. The lowest BCUT2D eigenvalue weighted by atomic mass is 9.51. The van der Waals surface area contributed by atoms with E-state index in [-0.39, 0.29) is 29.7 Å². The number of aliphatic hydroxyl groups excluding tert-OH is 2. The maximum absolute atomic E-state index is 17.2. The number of aliphatic hydroxyl groups is 2. The van der Waals surface area contributed by atoms with Gasteiger partial charge >= 0.3 is 0 Å². The van der Waals surface area contributed by atoms with Crippen LogP contribution in [0.5, 0.6) is 0 Å². The van der Waals surface area contributed by atoms with Gasteiger partial charge in [-0.1, -0.05) is 25.1 Å². The number of fused-ring (bicyclic) bond motifs is 2. The topological polar surface area (TPSA) is 78.7 Å². The molecule has 36 heavy (non-hydrogen) atoms. The quantitative estimate of drug-likeness (QED) is 0.661. The van der Waals surface area contributed by atoms with Gasteiger partial charge in [0.2, 0.25) is 0 Å². The van der Waals surface area contributed by atoms with Crippen LogP contribution in [0.15, 0.2) is 36.5 Å². The standard InChI is InChI=1S/C29H36FN3O3/c1-26-9-11-28(30)15-20-24(34)25(35)22(33(2)3)16-27(20)10-12-29(28,36-27)23(26)7-6-19(26)18-5-4-17-8-13-31-32-21(17)14-18/h4-6,8,13-14,20,22-25,34-35H,7,9-12,15-16H2,1-3H3. The van der Waals surface area contributed by atoms with Crippen molar-refractivity contribution >= 4 is 16.5 Å². The van der Waals surface area contributed by atoms with E-state index in [4.69, 9.17) is 4.74 Å². The van der Waals surface area contributed by atoms with E-state index >= 15 is 4.39 Å². The first-order chi connectivity index (χ1) is 17.1. The fourth-order valence-corrected chi connectivity index (χ4v) is 9.16. The average Bonchev–Trinajstić information content (AvgIpc) is 3.39. The normalized spacial score (nSPS) is 47.4. The zero-order chi connectivity index (χ0) is 25.1. The molecule has 0 radical (unpaired) electrons. The minimum absolute atomic E-state index is 0.0402. The Morgan fingerprint density at radius 1 is 1.06 bits per heavy atom. The summed E-state index contributed by atoms with van der Waals surface area (Å²) in [7, 11) is 3.87. The van der Waals surface area contributed by atoms with E-state index in [2.05, 4.69) is 41.4 Å². The van der Waals surface area contributed by atoms with Crippen molar-refractivity contribution in [2.24, 2.45) is 17.3 Å². The number of likely N-dealkylation sites (N-methyl/N-ethyl adjacent to an activating group) is 1. The second-order valence-corrected chi connectivity index (χ2v) is 12.7. The van der Waals surface area contributed by atoms with E-state index < -0.39 is 29.1 Å². The van der Waals surface area contributed by atoms with Crippen LogP contribution in [0.1, 0.15) is 57.4 Å². The number of allylic oxidation sites excluding steroid dienone is 2. The third kappa shape index (κ3) is 2.75. The Balaban J connectivity index is 1.27. The minimum Gasteiger partial charge on any atom is -0.390 e. The number of hydrogen-bond donors (Lipinski definition) is 2. The predicted octanol–water partition coefficient (Wildman–Crippen LogP) is 3.91. The summed E-state index contributed by atoms with van der Waals surface area (Å²) in [6, 6.07) is 8.14. The third-order valence-electron chi connectivity index (χ3n) is 11.0. The van der Waals surface area contributed by atoms with Crippen LogP contribution in [0.4, 0.5) is 4.39 Å². The molecule has 0 amide bonds. The fraction of sp³-hybridized carbons (Fsp3) is 0.655. The summed E-state index contributed by atoms with van der Waals surface area (Å²) in [6.07, 6.45) is 6.43. The van der Waals surface area contributed by atoms with Crippen LogP contribution < -0.4 is 0 Å². The highest BCUT2D eigenvalue weighted by atomic mass is 19.1. The van der Waals surface area contributed by atoms with Gasteiger partial charge in [0.05, 0.1) is 29.5 Å². The van der Waals surface area contributed by atoms with Crippen LogP contribution >= 0.6 is 0 Å². The highest BCUT2D eigenvalue weighted by molar-refractivity contribution is 5.84. The van der Waals surface area contributed by atoms with Crippen molar-refractivity contribution in [3.05, 3.63) is 42.1 Å². The van der Waals surface area contributed by atoms with Crippen LogP contribution in [0.2, 0.25) is 0 Å². The Labute approximate surface area is 211 Å². The monoisotopic (exact) mass is 493 g/mol. The van der Waals surface area contributed by atoms with Gasteiger partial charge in [-0.2, -0.15) is 10.2 Å². The highest BCUT2D eigenvalue weighted by Crippen LogP contribution is 2.72. The molecule has 3 heterocycles. The molecule has 9 unspecified atom stereocenters. The second-order valence-electron chi connectivity index (χ2n) is 12.7. The summed E-state index contributed by atoms with van der Waals surface area (Å²) in [5, 5.41) is 31.5. The summed E-state index contributed by atoms with van der Waals surface area (Å²) < 4.78 is 24.3. The van der Waals surface area contributed by atoms with E-state index in [1.165, 1.54) is 5.57 Å². The molecule has 6 nitrogen and oxygen atoms in total. The van der Waals surface area contributed by atoms with E-state index in [1.54, 1.807) is 6.20 Å². The van der Waals surface area contributed by atoms with Crippen molar-refractivity contribution in [2.45, 2.75) is 87.0 Å². The van der Waals surface area contributed by atoms with Crippen LogP contribution in [-0.4, -0.2) is 74.5 Å². The predicted molar refractivity (Wildman–Crippen MR) is 135 cm³/mol. The Bertz CT molecular complexity index is 1270. The lowest BCUT2D eigenvalue weighted by molar-refractivity contribution is -0.314. The Morgan fingerprint density at radius 2 is 1.89 bits per heavy atom. The maximum atomic E-state index is 17.2. The number of nitrogens with zero attached hydrogens (tertiary/aromatic N) is 3. The van der Waals surface area contributed by atoms with E-state index in [0.29, 0.717) is 19.3 Å². The molecular formula is C29H36FN3O3. The SMILES string of the molecule is CN(C)C1CC23CCC4(O2)C2CC=C(c5ccc6ccnnc6c5)C2(C)CCC4(F)CC3C(O)C1O. The number of benzene rings is 1. The van der Waals surface area contributed by atoms with Crippen molar-refractivity contribution in [3.63, 3.8) is 0 Å². The Morgan fingerprint density at radius 3 is 2.69 bits per heavy atom. The molecule has 3 aliphatic carbocycles. The molecule has 9 atom stereocenters. The molecule has 2 aliphatic heterocycles. The fourth-order valence-electron chi connectivity index (χ4n) is 9.16. The first-order valence-corrected chi connectivity index (χ1v) is 13.5. The van der Waals surface area contributed by atoms with Gasteiger partial charge in [0, 0.05) is 23.3 Å². The molecule has 7 rings (SSSR count). The van der Waals surface area contributed by atoms with Crippen molar-refractivity contribution < 1.29 is 19.3 Å². The van der Waals surface area contributed by atoms with Gasteiger partial charge in [-0.05, 0) is 87.7 Å². The van der Waals surface area contributed by atoms with Gasteiger partial charge < -0.3 is 19.8 Å². The van der Waals surface area contributed by atoms with Crippen LogP contribution in [0.3, 0.4) is 0 Å². The maximum Gasteiger partial charge on any atom is 0.140 e. The molecule has 2 aromatic rings. The van der Waals surface area contributed by atoms with Gasteiger partial charge in [0.1, 0.15) is 11.3 Å². The molecule has 1 aromatic carbocycles. The molecule has 192 valence electrons. The molecule has 2 N–H and O–H groups in total. The van der Waals surface area contributed by atoms with Gasteiger partial charge in [0.15, 0.2) is 0 Å². The number of aromatic nitrogens is 2.